The molecule has 0 amide bonds. The van der Waals surface area contributed by atoms with Crippen LogP contribution in [0.2, 0.25) is 0 Å². The molecule has 0 aromatic carbocycles. The molecule has 1 atom stereocenters. The fourth-order valence-corrected chi connectivity index (χ4v) is 1.23. The van der Waals surface area contributed by atoms with Gasteiger partial charge in [-0.25, -0.2) is 0 Å². The summed E-state index contributed by atoms with van der Waals surface area (Å²) in [5, 5.41) is 2.97. The van der Waals surface area contributed by atoms with E-state index in [9.17, 15) is 13.2 Å². The maximum Gasteiger partial charge on any atom is 0.389 e. The van der Waals surface area contributed by atoms with Crippen LogP contribution >= 0.6 is 11.6 Å². The molecule has 0 heterocycles. The van der Waals surface area contributed by atoms with Crippen LogP contribution in [0, 0.1) is 0 Å². The molecule has 0 aliphatic carbocycles. The van der Waals surface area contributed by atoms with Crippen molar-refractivity contribution < 1.29 is 13.2 Å². The normalized spacial score (nSPS) is 14.5. The zero-order valence-corrected chi connectivity index (χ0v) is 8.38. The average Bonchev–Trinajstić information content (AvgIpc) is 1.97. The Labute approximate surface area is 81.6 Å². The lowest BCUT2D eigenvalue weighted by Crippen LogP contribution is -2.28. The quantitative estimate of drug-likeness (QED) is 0.533. The first-order valence-corrected chi connectivity index (χ1v) is 4.85. The van der Waals surface area contributed by atoms with Crippen molar-refractivity contribution in [2.45, 2.75) is 38.4 Å². The largest absolute Gasteiger partial charge is 0.389 e. The summed E-state index contributed by atoms with van der Waals surface area (Å²) < 4.78 is 35.0. The van der Waals surface area contributed by atoms with E-state index in [0.717, 1.165) is 6.42 Å². The van der Waals surface area contributed by atoms with Crippen molar-refractivity contribution >= 4 is 11.6 Å². The third-order valence-corrected chi connectivity index (χ3v) is 1.89. The summed E-state index contributed by atoms with van der Waals surface area (Å²) in [4.78, 5) is 0. The van der Waals surface area contributed by atoms with Gasteiger partial charge in [-0.2, -0.15) is 13.2 Å². The third-order valence-electron chi connectivity index (χ3n) is 1.67. The molecule has 0 fully saturated rings. The van der Waals surface area contributed by atoms with Gasteiger partial charge in [-0.05, 0) is 26.3 Å². The average molecular weight is 218 g/mol. The summed E-state index contributed by atoms with van der Waals surface area (Å²) >= 11 is 5.46. The van der Waals surface area contributed by atoms with Crippen molar-refractivity contribution in [3.63, 3.8) is 0 Å². The van der Waals surface area contributed by atoms with Gasteiger partial charge in [0.1, 0.15) is 0 Å². The SMILES string of the molecule is CC(CCCl)NCCCC(F)(F)F. The third kappa shape index (κ3) is 9.96. The van der Waals surface area contributed by atoms with Crippen molar-refractivity contribution in [3.05, 3.63) is 0 Å². The number of hydrogen-bond acceptors (Lipinski definition) is 1. The first kappa shape index (κ1) is 13.0. The van der Waals surface area contributed by atoms with E-state index < -0.39 is 12.6 Å². The van der Waals surface area contributed by atoms with Gasteiger partial charge in [-0.15, -0.1) is 11.6 Å². The Bertz CT molecular complexity index is 127. The molecule has 1 unspecified atom stereocenters. The fourth-order valence-electron chi connectivity index (χ4n) is 0.903. The maximum atomic E-state index is 11.7. The van der Waals surface area contributed by atoms with Crippen LogP contribution in [-0.2, 0) is 0 Å². The van der Waals surface area contributed by atoms with Crippen LogP contribution in [0.1, 0.15) is 26.2 Å². The molecule has 0 aromatic heterocycles. The summed E-state index contributed by atoms with van der Waals surface area (Å²) in [5.74, 6) is 0.535. The maximum absolute atomic E-state index is 11.7. The monoisotopic (exact) mass is 217 g/mol. The Hall–Kier alpha value is 0.0400. The second-order valence-corrected chi connectivity index (χ2v) is 3.43. The van der Waals surface area contributed by atoms with E-state index in [1.54, 1.807) is 0 Å². The minimum Gasteiger partial charge on any atom is -0.314 e. The van der Waals surface area contributed by atoms with E-state index in [0.29, 0.717) is 12.4 Å². The minimum atomic E-state index is -4.03. The Morgan fingerprint density at radius 2 is 2.00 bits per heavy atom. The van der Waals surface area contributed by atoms with Crippen molar-refractivity contribution in [2.24, 2.45) is 0 Å². The van der Waals surface area contributed by atoms with Gasteiger partial charge < -0.3 is 5.32 Å². The van der Waals surface area contributed by atoms with Crippen molar-refractivity contribution in [1.82, 2.24) is 5.32 Å². The Kier molecular flexibility index (Phi) is 6.51. The first-order valence-electron chi connectivity index (χ1n) is 4.32. The summed E-state index contributed by atoms with van der Waals surface area (Å²) in [5.41, 5.74) is 0. The highest BCUT2D eigenvalue weighted by atomic mass is 35.5. The number of alkyl halides is 4. The number of rotatable bonds is 6. The molecule has 1 N–H and O–H groups in total. The molecule has 5 heteroatoms. The highest BCUT2D eigenvalue weighted by molar-refractivity contribution is 6.17. The summed E-state index contributed by atoms with van der Waals surface area (Å²) in [6, 6.07) is 0.200. The van der Waals surface area contributed by atoms with Gasteiger partial charge in [0.15, 0.2) is 0 Å². The molecular weight excluding hydrogens is 203 g/mol. The van der Waals surface area contributed by atoms with Crippen LogP contribution in [0.25, 0.3) is 0 Å². The molecule has 0 aliphatic rings. The molecule has 0 rings (SSSR count). The lowest BCUT2D eigenvalue weighted by molar-refractivity contribution is -0.135. The molecule has 0 bridgehead atoms. The van der Waals surface area contributed by atoms with E-state index in [2.05, 4.69) is 5.32 Å². The standard InChI is InChI=1S/C8H15ClF3N/c1-7(3-5-9)13-6-2-4-8(10,11)12/h7,13H,2-6H2,1H3. The van der Waals surface area contributed by atoms with Gasteiger partial charge in [-0.1, -0.05) is 0 Å². The van der Waals surface area contributed by atoms with Crippen molar-refractivity contribution in [3.8, 4) is 0 Å². The van der Waals surface area contributed by atoms with Crippen LogP contribution in [0.4, 0.5) is 13.2 Å². The van der Waals surface area contributed by atoms with Gasteiger partial charge in [0.05, 0.1) is 0 Å². The Balaban J connectivity index is 3.25. The van der Waals surface area contributed by atoms with Gasteiger partial charge in [0.25, 0.3) is 0 Å². The predicted octanol–water partition coefficient (Wildman–Crippen LogP) is 2.94. The minimum absolute atomic E-state index is 0.135. The fraction of sp³-hybridized carbons (Fsp3) is 1.00. The van der Waals surface area contributed by atoms with E-state index in [4.69, 9.17) is 11.6 Å². The van der Waals surface area contributed by atoms with E-state index >= 15 is 0 Å². The molecule has 80 valence electrons. The van der Waals surface area contributed by atoms with Gasteiger partial charge in [0, 0.05) is 18.3 Å². The molecule has 13 heavy (non-hydrogen) atoms. The summed E-state index contributed by atoms with van der Waals surface area (Å²) in [7, 11) is 0. The Morgan fingerprint density at radius 1 is 1.38 bits per heavy atom. The van der Waals surface area contributed by atoms with Gasteiger partial charge >= 0.3 is 6.18 Å². The van der Waals surface area contributed by atoms with Crippen LogP contribution in [0.5, 0.6) is 0 Å². The van der Waals surface area contributed by atoms with E-state index in [1.165, 1.54) is 0 Å². The van der Waals surface area contributed by atoms with Crippen molar-refractivity contribution in [2.75, 3.05) is 12.4 Å². The molecule has 0 saturated carbocycles. The van der Waals surface area contributed by atoms with E-state index in [-0.39, 0.29) is 12.5 Å². The lowest BCUT2D eigenvalue weighted by Gasteiger charge is -2.12. The molecular formula is C8H15ClF3N. The number of hydrogen-bond donors (Lipinski definition) is 1. The number of nitrogens with one attached hydrogen (secondary N) is 1. The van der Waals surface area contributed by atoms with Crippen LogP contribution < -0.4 is 5.32 Å². The van der Waals surface area contributed by atoms with Gasteiger partial charge in [0.2, 0.25) is 0 Å². The van der Waals surface area contributed by atoms with E-state index in [1.807, 2.05) is 6.92 Å². The van der Waals surface area contributed by atoms with Crippen LogP contribution in [-0.4, -0.2) is 24.6 Å². The second kappa shape index (κ2) is 6.49. The highest BCUT2D eigenvalue weighted by Gasteiger charge is 2.25. The Morgan fingerprint density at radius 3 is 2.46 bits per heavy atom. The predicted molar refractivity (Wildman–Crippen MR) is 48.1 cm³/mol. The first-order chi connectivity index (χ1) is 5.95. The van der Waals surface area contributed by atoms with Crippen molar-refractivity contribution in [1.29, 1.82) is 0 Å². The zero-order chi connectivity index (χ0) is 10.3. The molecule has 1 nitrogen and oxygen atoms in total. The number of halogens is 4. The second-order valence-electron chi connectivity index (χ2n) is 3.05. The summed E-state index contributed by atoms with van der Waals surface area (Å²) in [6.45, 7) is 2.31. The zero-order valence-electron chi connectivity index (χ0n) is 7.62. The molecule has 0 aliphatic heterocycles. The molecule has 0 aromatic rings. The van der Waals surface area contributed by atoms with Crippen LogP contribution in [0.3, 0.4) is 0 Å². The van der Waals surface area contributed by atoms with Gasteiger partial charge in [-0.3, -0.25) is 0 Å². The highest BCUT2D eigenvalue weighted by Crippen LogP contribution is 2.20. The summed E-state index contributed by atoms with van der Waals surface area (Å²) in [6.07, 6.45) is -3.82. The molecule has 0 radical (unpaired) electrons. The lowest BCUT2D eigenvalue weighted by atomic mass is 10.2. The van der Waals surface area contributed by atoms with Crippen LogP contribution in [0.15, 0.2) is 0 Å². The molecule has 0 spiro atoms. The topological polar surface area (TPSA) is 12.0 Å². The smallest absolute Gasteiger partial charge is 0.314 e. The molecule has 0 saturated heterocycles.